The molecule has 5 heteroatoms. The van der Waals surface area contributed by atoms with Gasteiger partial charge in [-0.25, -0.2) is 0 Å². The summed E-state index contributed by atoms with van der Waals surface area (Å²) in [7, 11) is 0. The number of nitrogens with zero attached hydrogens (tertiary/aromatic N) is 1. The molecule has 2 unspecified atom stereocenters. The van der Waals surface area contributed by atoms with E-state index in [1.807, 2.05) is 24.3 Å². The van der Waals surface area contributed by atoms with E-state index in [0.29, 0.717) is 32.5 Å². The van der Waals surface area contributed by atoms with Crippen LogP contribution >= 0.6 is 0 Å². The smallest absolute Gasteiger partial charge is 0.308 e. The molecule has 0 radical (unpaired) electrons. The molecule has 112 valence electrons. The number of aliphatic carboxylic acids is 1. The number of benzene rings is 1. The van der Waals surface area contributed by atoms with Crippen LogP contribution in [-0.4, -0.2) is 41.6 Å². The van der Waals surface area contributed by atoms with Crippen LogP contribution < -0.4 is 4.74 Å². The number of rotatable bonds is 3. The minimum absolute atomic E-state index is 0.0662. The van der Waals surface area contributed by atoms with Crippen LogP contribution in [0.5, 0.6) is 5.75 Å². The van der Waals surface area contributed by atoms with Gasteiger partial charge in [-0.2, -0.15) is 0 Å². The van der Waals surface area contributed by atoms with Crippen molar-refractivity contribution in [3.8, 4) is 5.75 Å². The average molecular weight is 289 g/mol. The van der Waals surface area contributed by atoms with E-state index < -0.39 is 11.9 Å². The van der Waals surface area contributed by atoms with Crippen LogP contribution in [0.15, 0.2) is 24.3 Å². The Morgan fingerprint density at radius 2 is 2.14 bits per heavy atom. The van der Waals surface area contributed by atoms with Crippen LogP contribution in [0.4, 0.5) is 0 Å². The summed E-state index contributed by atoms with van der Waals surface area (Å²) in [6.45, 7) is 1.56. The predicted molar refractivity (Wildman–Crippen MR) is 76.2 cm³/mol. The first-order valence-electron chi connectivity index (χ1n) is 7.37. The van der Waals surface area contributed by atoms with E-state index >= 15 is 0 Å². The Morgan fingerprint density at radius 3 is 2.95 bits per heavy atom. The molecule has 5 nitrogen and oxygen atoms in total. The van der Waals surface area contributed by atoms with Crippen LogP contribution in [0.3, 0.4) is 0 Å². The standard InChI is InChI=1S/C16H19NO4/c18-15-6-5-12(16(19)20)10-17(15)9-11-7-8-21-14-4-2-1-3-13(11)14/h1-4,11-12H,5-10H2,(H,19,20). The van der Waals surface area contributed by atoms with Gasteiger partial charge >= 0.3 is 5.97 Å². The first-order chi connectivity index (χ1) is 10.1. The Balaban J connectivity index is 1.74. The van der Waals surface area contributed by atoms with E-state index in [9.17, 15) is 9.59 Å². The first kappa shape index (κ1) is 13.9. The maximum Gasteiger partial charge on any atom is 0.308 e. The van der Waals surface area contributed by atoms with Crippen molar-refractivity contribution < 1.29 is 19.4 Å². The zero-order valence-corrected chi connectivity index (χ0v) is 11.8. The minimum Gasteiger partial charge on any atom is -0.493 e. The number of para-hydroxylation sites is 1. The molecule has 1 aromatic rings. The van der Waals surface area contributed by atoms with Crippen LogP contribution in [-0.2, 0) is 9.59 Å². The molecule has 0 aromatic heterocycles. The van der Waals surface area contributed by atoms with Gasteiger partial charge in [0.2, 0.25) is 5.91 Å². The summed E-state index contributed by atoms with van der Waals surface area (Å²) in [4.78, 5) is 24.9. The molecule has 2 heterocycles. The van der Waals surface area contributed by atoms with E-state index in [-0.39, 0.29) is 11.8 Å². The number of piperidine rings is 1. The minimum atomic E-state index is -0.806. The Hall–Kier alpha value is -2.04. The van der Waals surface area contributed by atoms with Gasteiger partial charge in [-0.15, -0.1) is 0 Å². The molecule has 21 heavy (non-hydrogen) atoms. The lowest BCUT2D eigenvalue weighted by molar-refractivity contribution is -0.147. The molecule has 3 rings (SSSR count). The number of hydrogen-bond acceptors (Lipinski definition) is 3. The number of likely N-dealkylation sites (tertiary alicyclic amines) is 1. The molecule has 0 saturated carbocycles. The van der Waals surface area contributed by atoms with Gasteiger partial charge in [-0.3, -0.25) is 9.59 Å². The zero-order valence-electron chi connectivity index (χ0n) is 11.8. The largest absolute Gasteiger partial charge is 0.493 e. The van der Waals surface area contributed by atoms with Crippen LogP contribution in [0, 0.1) is 5.92 Å². The third-order valence-corrected chi connectivity index (χ3v) is 4.37. The summed E-state index contributed by atoms with van der Waals surface area (Å²) in [6.07, 6.45) is 1.65. The van der Waals surface area contributed by atoms with Gasteiger partial charge in [0, 0.05) is 25.4 Å². The average Bonchev–Trinajstić information content (AvgIpc) is 2.49. The van der Waals surface area contributed by atoms with Crippen LogP contribution in [0.2, 0.25) is 0 Å². The quantitative estimate of drug-likeness (QED) is 0.922. The van der Waals surface area contributed by atoms with E-state index in [4.69, 9.17) is 9.84 Å². The van der Waals surface area contributed by atoms with Crippen molar-refractivity contribution in [3.63, 3.8) is 0 Å². The van der Waals surface area contributed by atoms with Gasteiger partial charge in [-0.05, 0) is 24.5 Å². The molecular formula is C16H19NO4. The fourth-order valence-electron chi connectivity index (χ4n) is 3.16. The number of fused-ring (bicyclic) bond motifs is 1. The van der Waals surface area contributed by atoms with Crippen molar-refractivity contribution in [1.82, 2.24) is 4.90 Å². The summed E-state index contributed by atoms with van der Waals surface area (Å²) in [5.74, 6) is -0.0615. The Morgan fingerprint density at radius 1 is 1.33 bits per heavy atom. The maximum absolute atomic E-state index is 12.0. The van der Waals surface area contributed by atoms with Gasteiger partial charge in [0.1, 0.15) is 5.75 Å². The number of amides is 1. The summed E-state index contributed by atoms with van der Waals surface area (Å²) in [5, 5.41) is 9.15. The SMILES string of the molecule is O=C(O)C1CCC(=O)N(CC2CCOc3ccccc32)C1. The van der Waals surface area contributed by atoms with Crippen LogP contribution in [0.1, 0.15) is 30.7 Å². The van der Waals surface area contributed by atoms with Gasteiger partial charge in [0.15, 0.2) is 0 Å². The molecule has 1 N–H and O–H groups in total. The van der Waals surface area contributed by atoms with E-state index in [1.165, 1.54) is 0 Å². The van der Waals surface area contributed by atoms with Crippen molar-refractivity contribution >= 4 is 11.9 Å². The zero-order chi connectivity index (χ0) is 14.8. The monoisotopic (exact) mass is 289 g/mol. The second-order valence-electron chi connectivity index (χ2n) is 5.74. The maximum atomic E-state index is 12.0. The lowest BCUT2D eigenvalue weighted by atomic mass is 9.90. The third kappa shape index (κ3) is 2.86. The molecule has 0 bridgehead atoms. The molecule has 2 aliphatic rings. The molecule has 1 fully saturated rings. The molecule has 1 saturated heterocycles. The number of carbonyl (C=O) groups is 2. The molecule has 2 atom stereocenters. The molecule has 0 aliphatic carbocycles. The van der Waals surface area contributed by atoms with Crippen molar-refractivity contribution in [3.05, 3.63) is 29.8 Å². The van der Waals surface area contributed by atoms with Gasteiger partial charge in [0.05, 0.1) is 12.5 Å². The van der Waals surface area contributed by atoms with Crippen molar-refractivity contribution in [2.24, 2.45) is 5.92 Å². The number of carboxylic acid groups (broad SMARTS) is 1. The van der Waals surface area contributed by atoms with E-state index in [0.717, 1.165) is 17.7 Å². The van der Waals surface area contributed by atoms with Crippen molar-refractivity contribution in [2.75, 3.05) is 19.7 Å². The summed E-state index contributed by atoms with van der Waals surface area (Å²) >= 11 is 0. The molecule has 1 amide bonds. The normalized spacial score (nSPS) is 25.1. The fourth-order valence-corrected chi connectivity index (χ4v) is 3.16. The van der Waals surface area contributed by atoms with Gasteiger partial charge in [-0.1, -0.05) is 18.2 Å². The number of ether oxygens (including phenoxy) is 1. The predicted octanol–water partition coefficient (Wildman–Crippen LogP) is 1.88. The molecule has 2 aliphatic heterocycles. The van der Waals surface area contributed by atoms with Crippen LogP contribution in [0.25, 0.3) is 0 Å². The topological polar surface area (TPSA) is 66.8 Å². The van der Waals surface area contributed by atoms with Gasteiger partial charge in [0.25, 0.3) is 0 Å². The summed E-state index contributed by atoms with van der Waals surface area (Å²) < 4.78 is 5.63. The summed E-state index contributed by atoms with van der Waals surface area (Å²) in [5.41, 5.74) is 1.12. The van der Waals surface area contributed by atoms with E-state index in [2.05, 4.69) is 0 Å². The molecule has 1 aromatic carbocycles. The highest BCUT2D eigenvalue weighted by Gasteiger charge is 2.32. The first-order valence-corrected chi connectivity index (χ1v) is 7.37. The summed E-state index contributed by atoms with van der Waals surface area (Å²) in [6, 6.07) is 7.88. The highest BCUT2D eigenvalue weighted by Crippen LogP contribution is 2.34. The van der Waals surface area contributed by atoms with Crippen molar-refractivity contribution in [2.45, 2.75) is 25.2 Å². The molecule has 0 spiro atoms. The van der Waals surface area contributed by atoms with Gasteiger partial charge < -0.3 is 14.7 Å². The second kappa shape index (κ2) is 5.76. The lowest BCUT2D eigenvalue weighted by Crippen LogP contribution is -2.44. The third-order valence-electron chi connectivity index (χ3n) is 4.37. The highest BCUT2D eigenvalue weighted by atomic mass is 16.5. The number of carbonyl (C=O) groups excluding carboxylic acids is 1. The highest BCUT2D eigenvalue weighted by molar-refractivity contribution is 5.80. The number of carboxylic acids is 1. The van der Waals surface area contributed by atoms with Crippen molar-refractivity contribution in [1.29, 1.82) is 0 Å². The second-order valence-corrected chi connectivity index (χ2v) is 5.74. The molecular weight excluding hydrogens is 270 g/mol. The number of hydrogen-bond donors (Lipinski definition) is 1. The fraction of sp³-hybridized carbons (Fsp3) is 0.500. The Labute approximate surface area is 123 Å². The van der Waals surface area contributed by atoms with E-state index in [1.54, 1.807) is 4.90 Å². The Bertz CT molecular complexity index is 557. The lowest BCUT2D eigenvalue weighted by Gasteiger charge is -2.35. The Kier molecular flexibility index (Phi) is 3.82.